The van der Waals surface area contributed by atoms with Crippen LogP contribution in [0.3, 0.4) is 0 Å². The third-order valence-corrected chi connectivity index (χ3v) is 4.96. The molecule has 5 nitrogen and oxygen atoms in total. The molecule has 5 heteroatoms. The quantitative estimate of drug-likeness (QED) is 0.510. The summed E-state index contributed by atoms with van der Waals surface area (Å²) in [6.45, 7) is 3.07. The van der Waals surface area contributed by atoms with Crippen LogP contribution in [0.4, 0.5) is 0 Å². The largest absolute Gasteiger partial charge is 0.392 e. The molecule has 0 saturated carbocycles. The second-order valence-corrected chi connectivity index (χ2v) is 6.93. The van der Waals surface area contributed by atoms with E-state index in [2.05, 4.69) is 59.7 Å². The summed E-state index contributed by atoms with van der Waals surface area (Å²) in [4.78, 5) is 0. The summed E-state index contributed by atoms with van der Waals surface area (Å²) in [5.74, 6) is 0. The third-order valence-electron chi connectivity index (χ3n) is 4.96. The van der Waals surface area contributed by atoms with E-state index in [-0.39, 0.29) is 6.61 Å². The molecule has 29 heavy (non-hydrogen) atoms. The van der Waals surface area contributed by atoms with Gasteiger partial charge < -0.3 is 9.84 Å². The van der Waals surface area contributed by atoms with Gasteiger partial charge in [-0.05, 0) is 46.9 Å². The summed E-state index contributed by atoms with van der Waals surface area (Å²) in [6, 6.07) is 24.2. The maximum atomic E-state index is 9.14. The highest BCUT2D eigenvalue weighted by molar-refractivity contribution is 5.68. The van der Waals surface area contributed by atoms with Crippen molar-refractivity contribution in [1.29, 1.82) is 0 Å². The molecule has 4 aromatic rings. The Morgan fingerprint density at radius 3 is 2.45 bits per heavy atom. The van der Waals surface area contributed by atoms with Crippen molar-refractivity contribution in [2.45, 2.75) is 26.7 Å². The zero-order valence-electron chi connectivity index (χ0n) is 16.3. The minimum atomic E-state index is 0.0294. The maximum Gasteiger partial charge on any atom is 0.109 e. The van der Waals surface area contributed by atoms with E-state index >= 15 is 0 Å². The number of aliphatic hydroxyl groups is 1. The molecule has 0 bridgehead atoms. The first kappa shape index (κ1) is 19.1. The van der Waals surface area contributed by atoms with Crippen LogP contribution in [0.5, 0.6) is 0 Å². The normalized spacial score (nSPS) is 11.0. The summed E-state index contributed by atoms with van der Waals surface area (Å²) >= 11 is 0. The van der Waals surface area contributed by atoms with Crippen molar-refractivity contribution in [3.63, 3.8) is 0 Å². The molecule has 0 spiro atoms. The van der Waals surface area contributed by atoms with Gasteiger partial charge in [-0.3, -0.25) is 0 Å². The van der Waals surface area contributed by atoms with Crippen LogP contribution in [0.2, 0.25) is 0 Å². The van der Waals surface area contributed by atoms with Crippen LogP contribution >= 0.6 is 0 Å². The number of benzene rings is 3. The lowest BCUT2D eigenvalue weighted by molar-refractivity contribution is 0.104. The maximum absolute atomic E-state index is 9.14. The Kier molecular flexibility index (Phi) is 5.79. The molecule has 0 unspecified atom stereocenters. The van der Waals surface area contributed by atoms with E-state index in [9.17, 15) is 0 Å². The van der Waals surface area contributed by atoms with Gasteiger partial charge in [0.15, 0.2) is 0 Å². The van der Waals surface area contributed by atoms with Gasteiger partial charge in [-0.25, -0.2) is 4.68 Å². The van der Waals surface area contributed by atoms with Crippen molar-refractivity contribution in [3.8, 4) is 16.8 Å². The van der Waals surface area contributed by atoms with Crippen molar-refractivity contribution >= 4 is 0 Å². The molecule has 1 aromatic heterocycles. The molecule has 0 aliphatic carbocycles. The third kappa shape index (κ3) is 4.42. The first-order chi connectivity index (χ1) is 14.2. The molecule has 0 amide bonds. The smallest absolute Gasteiger partial charge is 0.109 e. The highest BCUT2D eigenvalue weighted by Crippen LogP contribution is 2.26. The molecule has 0 fully saturated rings. The minimum Gasteiger partial charge on any atom is -0.392 e. The van der Waals surface area contributed by atoms with Gasteiger partial charge in [0.2, 0.25) is 0 Å². The second kappa shape index (κ2) is 8.82. The van der Waals surface area contributed by atoms with Crippen molar-refractivity contribution in [2.75, 3.05) is 0 Å². The molecular formula is C24H23N3O2. The van der Waals surface area contributed by atoms with Crippen LogP contribution in [0.1, 0.15) is 22.4 Å². The molecule has 1 heterocycles. The minimum absolute atomic E-state index is 0.0294. The molecule has 0 atom stereocenters. The van der Waals surface area contributed by atoms with Gasteiger partial charge in [-0.15, -0.1) is 5.10 Å². The monoisotopic (exact) mass is 385 g/mol. The predicted octanol–water partition coefficient (Wildman–Crippen LogP) is 4.45. The lowest BCUT2D eigenvalue weighted by Crippen LogP contribution is -1.98. The molecule has 1 N–H and O–H groups in total. The van der Waals surface area contributed by atoms with Crippen LogP contribution in [-0.2, 0) is 24.6 Å². The van der Waals surface area contributed by atoms with Crippen molar-refractivity contribution in [2.24, 2.45) is 0 Å². The molecule has 0 aliphatic heterocycles. The molecule has 146 valence electrons. The first-order valence-electron chi connectivity index (χ1n) is 9.57. The van der Waals surface area contributed by atoms with E-state index in [0.29, 0.717) is 13.2 Å². The summed E-state index contributed by atoms with van der Waals surface area (Å²) in [7, 11) is 0. The van der Waals surface area contributed by atoms with Crippen LogP contribution < -0.4 is 0 Å². The fourth-order valence-electron chi connectivity index (χ4n) is 3.28. The highest BCUT2D eigenvalue weighted by atomic mass is 16.5. The van der Waals surface area contributed by atoms with Gasteiger partial charge in [-0.1, -0.05) is 65.9 Å². The Morgan fingerprint density at radius 2 is 1.69 bits per heavy atom. The van der Waals surface area contributed by atoms with Gasteiger partial charge >= 0.3 is 0 Å². The number of hydrogen-bond acceptors (Lipinski definition) is 4. The SMILES string of the molecule is Cc1c(COCc2cn(-c3ccc(CO)cc3)nn2)cccc1-c1ccccc1. The Morgan fingerprint density at radius 1 is 0.897 bits per heavy atom. The molecule has 0 aliphatic rings. The van der Waals surface area contributed by atoms with Crippen LogP contribution in [0.25, 0.3) is 16.8 Å². The molecule has 4 rings (SSSR count). The second-order valence-electron chi connectivity index (χ2n) is 6.93. The van der Waals surface area contributed by atoms with Gasteiger partial charge in [0.05, 0.1) is 31.7 Å². The van der Waals surface area contributed by atoms with E-state index in [1.54, 1.807) is 4.68 Å². The topological polar surface area (TPSA) is 60.2 Å². The number of aliphatic hydroxyl groups excluding tert-OH is 1. The number of ether oxygens (including phenoxy) is 1. The van der Waals surface area contributed by atoms with E-state index < -0.39 is 0 Å². The van der Waals surface area contributed by atoms with Crippen molar-refractivity contribution in [3.05, 3.63) is 101 Å². The average Bonchev–Trinajstić information content (AvgIpc) is 3.24. The lowest BCUT2D eigenvalue weighted by atomic mass is 9.97. The van der Waals surface area contributed by atoms with Gasteiger partial charge in [0.1, 0.15) is 5.69 Å². The number of rotatable bonds is 7. The van der Waals surface area contributed by atoms with E-state index in [1.165, 1.54) is 22.3 Å². The van der Waals surface area contributed by atoms with Gasteiger partial charge in [-0.2, -0.15) is 0 Å². The Labute approximate surface area is 170 Å². The highest BCUT2D eigenvalue weighted by Gasteiger charge is 2.08. The fraction of sp³-hybridized carbons (Fsp3) is 0.167. The van der Waals surface area contributed by atoms with Gasteiger partial charge in [0.25, 0.3) is 0 Å². The Bertz CT molecular complexity index is 1070. The molecule has 0 radical (unpaired) electrons. The first-order valence-corrected chi connectivity index (χ1v) is 9.57. The molecule has 0 saturated heterocycles. The molecular weight excluding hydrogens is 362 g/mol. The van der Waals surface area contributed by atoms with Crippen LogP contribution in [0, 0.1) is 6.92 Å². The number of aromatic nitrogens is 3. The zero-order chi connectivity index (χ0) is 20.1. The Hall–Kier alpha value is -3.28. The zero-order valence-corrected chi connectivity index (χ0v) is 16.3. The van der Waals surface area contributed by atoms with Gasteiger partial charge in [0, 0.05) is 0 Å². The average molecular weight is 385 g/mol. The summed E-state index contributed by atoms with van der Waals surface area (Å²) < 4.78 is 7.62. The van der Waals surface area contributed by atoms with Crippen LogP contribution in [0.15, 0.2) is 79.0 Å². The summed E-state index contributed by atoms with van der Waals surface area (Å²) in [5, 5.41) is 17.5. The summed E-state index contributed by atoms with van der Waals surface area (Å²) in [5.41, 5.74) is 7.36. The Balaban J connectivity index is 1.40. The lowest BCUT2D eigenvalue weighted by Gasteiger charge is -2.11. The number of nitrogens with zero attached hydrogens (tertiary/aromatic N) is 3. The van der Waals surface area contributed by atoms with E-state index in [1.807, 2.05) is 36.5 Å². The van der Waals surface area contributed by atoms with E-state index in [0.717, 1.165) is 16.9 Å². The predicted molar refractivity (Wildman–Crippen MR) is 112 cm³/mol. The number of hydrogen-bond donors (Lipinski definition) is 1. The van der Waals surface area contributed by atoms with Crippen molar-refractivity contribution in [1.82, 2.24) is 15.0 Å². The van der Waals surface area contributed by atoms with Crippen LogP contribution in [-0.4, -0.2) is 20.1 Å². The summed E-state index contributed by atoms with van der Waals surface area (Å²) in [6.07, 6.45) is 1.86. The fourth-order valence-corrected chi connectivity index (χ4v) is 3.28. The molecule has 3 aromatic carbocycles. The van der Waals surface area contributed by atoms with E-state index in [4.69, 9.17) is 9.84 Å². The standard InChI is InChI=1S/C24H23N3O2/c1-18-21(8-5-9-24(18)20-6-3-2-4-7-20)16-29-17-22-14-27(26-25-22)23-12-10-19(15-28)11-13-23/h2-14,28H,15-17H2,1H3. The van der Waals surface area contributed by atoms with Crippen molar-refractivity contribution < 1.29 is 9.84 Å².